The predicted molar refractivity (Wildman–Crippen MR) is 122 cm³/mol. The normalized spacial score (nSPS) is 20.6. The van der Waals surface area contributed by atoms with Crippen molar-refractivity contribution in [2.75, 3.05) is 18.1 Å². The summed E-state index contributed by atoms with van der Waals surface area (Å²) >= 11 is -0.0454. The highest BCUT2D eigenvalue weighted by Crippen LogP contribution is 2.42. The molecule has 1 N–H and O–H groups in total. The third-order valence-corrected chi connectivity index (χ3v) is 9.26. The summed E-state index contributed by atoms with van der Waals surface area (Å²) in [4.78, 5) is 11.9. The number of hydrogen-bond donors (Lipinski definition) is 1. The molecule has 1 aromatic heterocycles. The van der Waals surface area contributed by atoms with Gasteiger partial charge in [-0.25, -0.2) is 13.2 Å². The van der Waals surface area contributed by atoms with E-state index in [1.807, 2.05) is 6.07 Å². The molecule has 1 aromatic carbocycles. The van der Waals surface area contributed by atoms with Crippen LogP contribution < -0.4 is 15.0 Å². The number of anilines is 1. The molecule has 2 fully saturated rings. The van der Waals surface area contributed by atoms with Gasteiger partial charge >= 0.3 is 24.6 Å². The van der Waals surface area contributed by atoms with Crippen LogP contribution in [-0.4, -0.2) is 61.1 Å². The molecular weight excluding hydrogens is 637 g/mol. The maximum atomic E-state index is 13.8. The molecule has 230 valence electrons. The van der Waals surface area contributed by atoms with Gasteiger partial charge in [0.2, 0.25) is 10.1 Å². The smallest absolute Gasteiger partial charge is 0.445 e. The van der Waals surface area contributed by atoms with E-state index in [4.69, 9.17) is 10.00 Å². The highest BCUT2D eigenvalue weighted by atomic mass is 32.2. The van der Waals surface area contributed by atoms with Gasteiger partial charge in [-0.05, 0) is 31.0 Å². The van der Waals surface area contributed by atoms with Gasteiger partial charge in [-0.1, -0.05) is 11.3 Å². The maximum Gasteiger partial charge on any atom is 0.445 e. The van der Waals surface area contributed by atoms with E-state index in [1.54, 1.807) is 0 Å². The van der Waals surface area contributed by atoms with E-state index in [0.717, 1.165) is 4.90 Å². The molecule has 0 radical (unpaired) electrons. The van der Waals surface area contributed by atoms with Gasteiger partial charge in [0.1, 0.15) is 11.3 Å². The summed E-state index contributed by atoms with van der Waals surface area (Å²) < 4.78 is 155. The molecular formula is C21H16F9N5O5S2. The van der Waals surface area contributed by atoms with Gasteiger partial charge < -0.3 is 19.7 Å². The lowest BCUT2D eigenvalue weighted by molar-refractivity contribution is -0.153. The van der Waals surface area contributed by atoms with E-state index in [1.165, 1.54) is 0 Å². The highest BCUT2D eigenvalue weighted by Gasteiger charge is 2.49. The minimum Gasteiger partial charge on any atom is -0.484 e. The van der Waals surface area contributed by atoms with Crippen LogP contribution in [0.25, 0.3) is 0 Å². The van der Waals surface area contributed by atoms with Crippen LogP contribution in [0.5, 0.6) is 5.75 Å². The number of benzene rings is 1. The SMILES string of the molecule is N#CC1(NC(=O)O[C@H]2C[C@@H](S(=O)(=O)c3ccc(OCC(F)(F)F)cc3C(F)(F)F)CN2c2nnc(C(F)(F)F)s2)CC1. The third kappa shape index (κ3) is 6.91. The topological polar surface area (TPSA) is 135 Å². The van der Waals surface area contributed by atoms with Gasteiger partial charge in [-0.2, -0.15) is 44.8 Å². The van der Waals surface area contributed by atoms with Crippen molar-refractivity contribution in [1.82, 2.24) is 15.5 Å². The lowest BCUT2D eigenvalue weighted by Gasteiger charge is -2.23. The number of carbonyl (C=O) groups excluding carboxylic acids is 1. The van der Waals surface area contributed by atoms with E-state index < -0.39 is 97.4 Å². The van der Waals surface area contributed by atoms with Crippen LogP contribution in [0.2, 0.25) is 0 Å². The van der Waals surface area contributed by atoms with Gasteiger partial charge in [0.05, 0.1) is 21.8 Å². The van der Waals surface area contributed by atoms with Crippen molar-refractivity contribution < 1.29 is 62.2 Å². The summed E-state index contributed by atoms with van der Waals surface area (Å²) in [7, 11) is -5.04. The van der Waals surface area contributed by atoms with Gasteiger partial charge in [0.25, 0.3) is 0 Å². The zero-order valence-electron chi connectivity index (χ0n) is 20.5. The van der Waals surface area contributed by atoms with Gasteiger partial charge in [-0.15, -0.1) is 10.2 Å². The molecule has 1 saturated heterocycles. The summed E-state index contributed by atoms with van der Waals surface area (Å²) in [6.45, 7) is -2.76. The fourth-order valence-corrected chi connectivity index (χ4v) is 6.53. The van der Waals surface area contributed by atoms with Crippen molar-refractivity contribution in [2.45, 2.75) is 59.7 Å². The number of amides is 1. The molecule has 1 amide bonds. The number of alkyl carbamates (subject to hydrolysis) is 1. The number of rotatable bonds is 7. The number of nitrogens with zero attached hydrogens (tertiary/aromatic N) is 4. The first-order valence-electron chi connectivity index (χ1n) is 11.5. The van der Waals surface area contributed by atoms with Crippen LogP contribution in [0, 0.1) is 11.3 Å². The second-order valence-electron chi connectivity index (χ2n) is 9.18. The zero-order valence-corrected chi connectivity index (χ0v) is 22.1. The van der Waals surface area contributed by atoms with E-state index >= 15 is 0 Å². The monoisotopic (exact) mass is 653 g/mol. The van der Waals surface area contributed by atoms with Crippen molar-refractivity contribution in [2.24, 2.45) is 0 Å². The van der Waals surface area contributed by atoms with Crippen LogP contribution in [-0.2, 0) is 26.9 Å². The Morgan fingerprint density at radius 1 is 1.12 bits per heavy atom. The maximum absolute atomic E-state index is 13.8. The number of halogens is 9. The van der Waals surface area contributed by atoms with Crippen molar-refractivity contribution in [3.63, 3.8) is 0 Å². The predicted octanol–water partition coefficient (Wildman–Crippen LogP) is 4.68. The molecule has 2 aliphatic rings. The standard InChI is InChI=1S/C21H16F9N5O5S2/c22-19(23,24)9-39-10-1-2-13(12(5-10)20(25,26)27)42(37,38)11-6-14(40-17(36)32-18(8-31)3-4-18)35(7-11)16-34-33-15(41-16)21(28,29)30/h1-2,5,11,14H,3-4,6-7,9H2,(H,32,36)/t11-,14+/m1/s1. The average Bonchev–Trinajstić information content (AvgIpc) is 3.24. The summed E-state index contributed by atoms with van der Waals surface area (Å²) in [6.07, 6.45) is -18.4. The van der Waals surface area contributed by atoms with Crippen LogP contribution in [0.4, 0.5) is 49.4 Å². The minimum atomic E-state index is -5.38. The number of nitriles is 1. The molecule has 10 nitrogen and oxygen atoms in total. The Balaban J connectivity index is 1.66. The van der Waals surface area contributed by atoms with Gasteiger partial charge in [-0.3, -0.25) is 0 Å². The first kappa shape index (κ1) is 31.4. The van der Waals surface area contributed by atoms with Gasteiger partial charge in [0, 0.05) is 13.0 Å². The summed E-state index contributed by atoms with van der Waals surface area (Å²) in [5.41, 5.74) is -3.11. The molecule has 2 heterocycles. The number of sulfone groups is 1. The molecule has 0 bridgehead atoms. The molecule has 4 rings (SSSR count). The molecule has 1 saturated carbocycles. The molecule has 0 unspecified atom stereocenters. The van der Waals surface area contributed by atoms with Crippen molar-refractivity contribution in [3.8, 4) is 11.8 Å². The second kappa shape index (κ2) is 10.6. The fourth-order valence-electron chi connectivity index (χ4n) is 3.90. The largest absolute Gasteiger partial charge is 0.484 e. The summed E-state index contributed by atoms with van der Waals surface area (Å²) in [5, 5.41) is 13.9. The van der Waals surface area contributed by atoms with E-state index in [-0.39, 0.29) is 30.2 Å². The lowest BCUT2D eigenvalue weighted by atomic mass is 10.2. The molecule has 2 aromatic rings. The number of nitrogens with one attached hydrogen (secondary N) is 1. The molecule has 42 heavy (non-hydrogen) atoms. The summed E-state index contributed by atoms with van der Waals surface area (Å²) in [5.74, 6) is -0.926. The quantitative estimate of drug-likeness (QED) is 0.423. The minimum absolute atomic E-state index is 0.0454. The lowest BCUT2D eigenvalue weighted by Crippen LogP contribution is -2.41. The Bertz CT molecular complexity index is 1500. The first-order valence-corrected chi connectivity index (χ1v) is 13.8. The number of carbonyl (C=O) groups is 1. The van der Waals surface area contributed by atoms with Crippen LogP contribution in [0.15, 0.2) is 23.1 Å². The number of aromatic nitrogens is 2. The van der Waals surface area contributed by atoms with E-state index in [2.05, 4.69) is 20.3 Å². The first-order chi connectivity index (χ1) is 19.2. The number of alkyl halides is 9. The summed E-state index contributed by atoms with van der Waals surface area (Å²) in [6, 6.07) is 2.87. The van der Waals surface area contributed by atoms with Crippen molar-refractivity contribution in [1.29, 1.82) is 5.26 Å². The van der Waals surface area contributed by atoms with Crippen LogP contribution in [0.3, 0.4) is 0 Å². The molecule has 1 aliphatic heterocycles. The molecule has 21 heteroatoms. The Morgan fingerprint density at radius 2 is 1.79 bits per heavy atom. The fraction of sp³-hybridized carbons (Fsp3) is 0.524. The van der Waals surface area contributed by atoms with Crippen molar-refractivity contribution >= 4 is 32.4 Å². The highest BCUT2D eigenvalue weighted by molar-refractivity contribution is 7.92. The Hall–Kier alpha value is -3.54. The Morgan fingerprint density at radius 3 is 2.31 bits per heavy atom. The van der Waals surface area contributed by atoms with E-state index in [9.17, 15) is 52.7 Å². The third-order valence-electron chi connectivity index (χ3n) is 6.07. The van der Waals surface area contributed by atoms with Crippen LogP contribution in [0.1, 0.15) is 29.8 Å². The average molecular weight is 654 g/mol. The van der Waals surface area contributed by atoms with E-state index in [0.29, 0.717) is 12.1 Å². The number of ether oxygens (including phenoxy) is 2. The van der Waals surface area contributed by atoms with Crippen LogP contribution >= 0.6 is 11.3 Å². The zero-order chi connectivity index (χ0) is 31.3. The molecule has 1 aliphatic carbocycles. The molecule has 0 spiro atoms. The van der Waals surface area contributed by atoms with Crippen molar-refractivity contribution in [3.05, 3.63) is 28.8 Å². The Labute approximate surface area is 233 Å². The van der Waals surface area contributed by atoms with Gasteiger partial charge in [0.15, 0.2) is 22.7 Å². The number of hydrogen-bond acceptors (Lipinski definition) is 10. The molecule has 2 atom stereocenters. The Kier molecular flexibility index (Phi) is 7.94. The second-order valence-corrected chi connectivity index (χ2v) is 12.3.